The number of carbonyl (C=O) groups is 1. The Morgan fingerprint density at radius 1 is 1.38 bits per heavy atom. The number of rotatable bonds is 5. The Hall–Kier alpha value is -0.570. The predicted molar refractivity (Wildman–Crippen MR) is 63.1 cm³/mol. The Morgan fingerprint density at radius 3 is 2.56 bits per heavy atom. The van der Waals surface area contributed by atoms with Crippen LogP contribution >= 0.6 is 0 Å². The average molecular weight is 228 g/mol. The van der Waals surface area contributed by atoms with Crippen molar-refractivity contribution in [1.82, 2.24) is 0 Å². The van der Waals surface area contributed by atoms with Crippen LogP contribution in [0.1, 0.15) is 58.8 Å². The van der Waals surface area contributed by atoms with Crippen molar-refractivity contribution in [2.24, 2.45) is 5.92 Å². The standard InChI is InChI=1S/C13H24O3/c1-3-16-12(14)10-13(2,15)9-11-7-5-4-6-8-11/h11,15H,3-10H2,1-2H3. The lowest BCUT2D eigenvalue weighted by molar-refractivity contribution is -0.148. The summed E-state index contributed by atoms with van der Waals surface area (Å²) in [5.74, 6) is 0.293. The highest BCUT2D eigenvalue weighted by Gasteiger charge is 2.29. The molecule has 0 aromatic rings. The van der Waals surface area contributed by atoms with Gasteiger partial charge in [-0.3, -0.25) is 4.79 Å². The maximum absolute atomic E-state index is 11.3. The molecule has 1 N–H and O–H groups in total. The molecule has 0 aromatic heterocycles. The second kappa shape index (κ2) is 6.24. The van der Waals surface area contributed by atoms with E-state index in [1.807, 2.05) is 0 Å². The number of ether oxygens (including phenoxy) is 1. The fraction of sp³-hybridized carbons (Fsp3) is 0.923. The number of esters is 1. The largest absolute Gasteiger partial charge is 0.466 e. The molecule has 1 saturated carbocycles. The van der Waals surface area contributed by atoms with Gasteiger partial charge in [-0.15, -0.1) is 0 Å². The number of carbonyl (C=O) groups excluding carboxylic acids is 1. The van der Waals surface area contributed by atoms with Crippen LogP contribution < -0.4 is 0 Å². The lowest BCUT2D eigenvalue weighted by Gasteiger charge is -2.30. The van der Waals surface area contributed by atoms with Crippen LogP contribution in [0.25, 0.3) is 0 Å². The number of aliphatic hydroxyl groups is 1. The molecule has 0 spiro atoms. The van der Waals surface area contributed by atoms with E-state index >= 15 is 0 Å². The maximum Gasteiger partial charge on any atom is 0.308 e. The van der Waals surface area contributed by atoms with Gasteiger partial charge in [0.25, 0.3) is 0 Å². The summed E-state index contributed by atoms with van der Waals surface area (Å²) in [4.78, 5) is 11.3. The summed E-state index contributed by atoms with van der Waals surface area (Å²) in [6, 6.07) is 0. The summed E-state index contributed by atoms with van der Waals surface area (Å²) in [5, 5.41) is 10.2. The van der Waals surface area contributed by atoms with Crippen LogP contribution in [-0.2, 0) is 9.53 Å². The Labute approximate surface area is 98.2 Å². The molecule has 1 rings (SSSR count). The predicted octanol–water partition coefficient (Wildman–Crippen LogP) is 2.66. The maximum atomic E-state index is 11.3. The number of hydrogen-bond acceptors (Lipinski definition) is 3. The molecule has 0 amide bonds. The number of hydrogen-bond donors (Lipinski definition) is 1. The molecule has 0 radical (unpaired) electrons. The van der Waals surface area contributed by atoms with E-state index < -0.39 is 5.60 Å². The first-order valence-electron chi connectivity index (χ1n) is 6.41. The Kier molecular flexibility index (Phi) is 5.26. The zero-order valence-electron chi connectivity index (χ0n) is 10.5. The molecule has 0 aliphatic heterocycles. The molecule has 3 heteroatoms. The van der Waals surface area contributed by atoms with Crippen LogP contribution in [-0.4, -0.2) is 23.3 Å². The molecule has 0 saturated heterocycles. The van der Waals surface area contributed by atoms with Gasteiger partial charge in [0.2, 0.25) is 0 Å². The summed E-state index contributed by atoms with van der Waals surface area (Å²) >= 11 is 0. The van der Waals surface area contributed by atoms with Crippen molar-refractivity contribution in [2.45, 2.75) is 64.4 Å². The summed E-state index contributed by atoms with van der Waals surface area (Å²) in [6.45, 7) is 3.92. The van der Waals surface area contributed by atoms with Crippen molar-refractivity contribution in [1.29, 1.82) is 0 Å². The SMILES string of the molecule is CCOC(=O)CC(C)(O)CC1CCCCC1. The summed E-state index contributed by atoms with van der Waals surface area (Å²) in [6.07, 6.45) is 7.08. The average Bonchev–Trinajstić information content (AvgIpc) is 2.17. The topological polar surface area (TPSA) is 46.5 Å². The highest BCUT2D eigenvalue weighted by atomic mass is 16.5. The van der Waals surface area contributed by atoms with E-state index in [0.29, 0.717) is 12.5 Å². The fourth-order valence-corrected chi connectivity index (χ4v) is 2.61. The summed E-state index contributed by atoms with van der Waals surface area (Å²) in [5.41, 5.74) is -0.895. The lowest BCUT2D eigenvalue weighted by atomic mass is 9.80. The molecule has 1 fully saturated rings. The van der Waals surface area contributed by atoms with Gasteiger partial charge in [0, 0.05) is 0 Å². The third kappa shape index (κ3) is 4.97. The minimum absolute atomic E-state index is 0.122. The normalized spacial score (nSPS) is 21.4. The minimum atomic E-state index is -0.895. The van der Waals surface area contributed by atoms with E-state index in [2.05, 4.69) is 0 Å². The minimum Gasteiger partial charge on any atom is -0.466 e. The zero-order chi connectivity index (χ0) is 12.0. The highest BCUT2D eigenvalue weighted by molar-refractivity contribution is 5.70. The van der Waals surface area contributed by atoms with Gasteiger partial charge in [-0.05, 0) is 26.2 Å². The van der Waals surface area contributed by atoms with Crippen LogP contribution in [0, 0.1) is 5.92 Å². The molecule has 94 valence electrons. The zero-order valence-corrected chi connectivity index (χ0v) is 10.5. The first-order valence-corrected chi connectivity index (χ1v) is 6.41. The lowest BCUT2D eigenvalue weighted by Crippen LogP contribution is -2.32. The van der Waals surface area contributed by atoms with Crippen LogP contribution in [0.5, 0.6) is 0 Å². The summed E-state index contributed by atoms with van der Waals surface area (Å²) in [7, 11) is 0. The van der Waals surface area contributed by atoms with Gasteiger partial charge in [0.1, 0.15) is 0 Å². The Bertz CT molecular complexity index is 217. The van der Waals surface area contributed by atoms with Crippen LogP contribution in [0.3, 0.4) is 0 Å². The molecule has 1 aliphatic carbocycles. The van der Waals surface area contributed by atoms with Crippen molar-refractivity contribution in [2.75, 3.05) is 6.61 Å². The Morgan fingerprint density at radius 2 is 2.00 bits per heavy atom. The van der Waals surface area contributed by atoms with Crippen molar-refractivity contribution in [3.63, 3.8) is 0 Å². The molecule has 16 heavy (non-hydrogen) atoms. The van der Waals surface area contributed by atoms with Gasteiger partial charge in [-0.1, -0.05) is 32.1 Å². The van der Waals surface area contributed by atoms with Gasteiger partial charge in [-0.25, -0.2) is 0 Å². The molecule has 3 nitrogen and oxygen atoms in total. The molecular weight excluding hydrogens is 204 g/mol. The van der Waals surface area contributed by atoms with E-state index in [1.54, 1.807) is 13.8 Å². The molecule has 1 aliphatic rings. The first kappa shape index (κ1) is 13.5. The molecule has 1 unspecified atom stereocenters. The van der Waals surface area contributed by atoms with E-state index in [9.17, 15) is 9.90 Å². The van der Waals surface area contributed by atoms with Gasteiger partial charge in [0.15, 0.2) is 0 Å². The van der Waals surface area contributed by atoms with Crippen LogP contribution in [0.15, 0.2) is 0 Å². The van der Waals surface area contributed by atoms with E-state index in [-0.39, 0.29) is 12.4 Å². The third-order valence-corrected chi connectivity index (χ3v) is 3.28. The third-order valence-electron chi connectivity index (χ3n) is 3.28. The van der Waals surface area contributed by atoms with Crippen molar-refractivity contribution < 1.29 is 14.6 Å². The quantitative estimate of drug-likeness (QED) is 0.736. The van der Waals surface area contributed by atoms with Crippen molar-refractivity contribution >= 4 is 5.97 Å². The second-order valence-corrected chi connectivity index (χ2v) is 5.19. The molecule has 1 atom stereocenters. The highest BCUT2D eigenvalue weighted by Crippen LogP contribution is 2.31. The second-order valence-electron chi connectivity index (χ2n) is 5.19. The molecule has 0 aromatic carbocycles. The fourth-order valence-electron chi connectivity index (χ4n) is 2.61. The van der Waals surface area contributed by atoms with Gasteiger partial charge in [-0.2, -0.15) is 0 Å². The summed E-state index contributed by atoms with van der Waals surface area (Å²) < 4.78 is 4.87. The van der Waals surface area contributed by atoms with Crippen LogP contribution in [0.2, 0.25) is 0 Å². The van der Waals surface area contributed by atoms with Crippen LogP contribution in [0.4, 0.5) is 0 Å². The van der Waals surface area contributed by atoms with Gasteiger partial charge < -0.3 is 9.84 Å². The smallest absolute Gasteiger partial charge is 0.308 e. The van der Waals surface area contributed by atoms with E-state index in [1.165, 1.54) is 32.1 Å². The van der Waals surface area contributed by atoms with Gasteiger partial charge >= 0.3 is 5.97 Å². The van der Waals surface area contributed by atoms with Gasteiger partial charge in [0.05, 0.1) is 18.6 Å². The monoisotopic (exact) mass is 228 g/mol. The Balaban J connectivity index is 2.34. The van der Waals surface area contributed by atoms with E-state index in [0.717, 1.165) is 6.42 Å². The molecule has 0 bridgehead atoms. The molecule has 0 heterocycles. The van der Waals surface area contributed by atoms with E-state index in [4.69, 9.17) is 4.74 Å². The molecular formula is C13H24O3. The first-order chi connectivity index (χ1) is 7.53. The van der Waals surface area contributed by atoms with Crippen molar-refractivity contribution in [3.8, 4) is 0 Å². The van der Waals surface area contributed by atoms with Crippen molar-refractivity contribution in [3.05, 3.63) is 0 Å².